The van der Waals surface area contributed by atoms with Crippen molar-refractivity contribution in [1.82, 2.24) is 5.32 Å². The maximum atomic E-state index is 5.52. The van der Waals surface area contributed by atoms with E-state index in [1.165, 1.54) is 12.8 Å². The van der Waals surface area contributed by atoms with Crippen LogP contribution in [0.4, 0.5) is 0 Å². The first-order valence-electron chi connectivity index (χ1n) is 6.55. The molecule has 3 unspecified atom stereocenters. The molecule has 16 heavy (non-hydrogen) atoms. The molecule has 3 atom stereocenters. The average molecular weight is 229 g/mol. The van der Waals surface area contributed by atoms with Crippen LogP contribution < -0.4 is 5.32 Å². The first-order valence-corrected chi connectivity index (χ1v) is 6.55. The molecule has 1 rings (SSSR count). The smallest absolute Gasteiger partial charge is 0.0591 e. The summed E-state index contributed by atoms with van der Waals surface area (Å²) in [5, 5.41) is 3.60. The van der Waals surface area contributed by atoms with E-state index in [-0.39, 0.29) is 0 Å². The van der Waals surface area contributed by atoms with E-state index >= 15 is 0 Å². The van der Waals surface area contributed by atoms with Crippen molar-refractivity contribution in [2.24, 2.45) is 11.8 Å². The summed E-state index contributed by atoms with van der Waals surface area (Å²) in [6.45, 7) is 8.12. The number of nitrogens with one attached hydrogen (secondary N) is 1. The summed E-state index contributed by atoms with van der Waals surface area (Å²) in [7, 11) is 1.73. The fraction of sp³-hybridized carbons (Fsp3) is 1.00. The third-order valence-corrected chi connectivity index (χ3v) is 3.76. The highest BCUT2D eigenvalue weighted by atomic mass is 16.5. The van der Waals surface area contributed by atoms with Crippen molar-refractivity contribution < 1.29 is 9.47 Å². The number of rotatable bonds is 8. The Morgan fingerprint density at radius 3 is 2.56 bits per heavy atom. The number of hydrogen-bond acceptors (Lipinski definition) is 3. The highest BCUT2D eigenvalue weighted by Gasteiger charge is 2.28. The predicted octanol–water partition coefficient (Wildman–Crippen LogP) is 2.06. The molecule has 1 N–H and O–H groups in total. The molecule has 0 amide bonds. The quantitative estimate of drug-likeness (QED) is 0.646. The predicted molar refractivity (Wildman–Crippen MR) is 66.7 cm³/mol. The van der Waals surface area contributed by atoms with Crippen molar-refractivity contribution >= 4 is 0 Å². The molecule has 0 aromatic heterocycles. The van der Waals surface area contributed by atoms with E-state index in [2.05, 4.69) is 19.2 Å². The van der Waals surface area contributed by atoms with Gasteiger partial charge in [0.25, 0.3) is 0 Å². The molecular weight excluding hydrogens is 202 g/mol. The highest BCUT2D eigenvalue weighted by molar-refractivity contribution is 4.84. The van der Waals surface area contributed by atoms with Crippen LogP contribution in [0.5, 0.6) is 0 Å². The van der Waals surface area contributed by atoms with Crippen molar-refractivity contribution in [2.45, 2.75) is 39.2 Å². The summed E-state index contributed by atoms with van der Waals surface area (Å²) in [6, 6.07) is 0.706. The van der Waals surface area contributed by atoms with E-state index in [9.17, 15) is 0 Å². The Hall–Kier alpha value is -0.120. The minimum Gasteiger partial charge on any atom is -0.385 e. The van der Waals surface area contributed by atoms with Crippen LogP contribution in [0.2, 0.25) is 0 Å². The lowest BCUT2D eigenvalue weighted by molar-refractivity contribution is 0.102. The van der Waals surface area contributed by atoms with Crippen LogP contribution in [0.3, 0.4) is 0 Å². The zero-order valence-corrected chi connectivity index (χ0v) is 11.0. The van der Waals surface area contributed by atoms with Gasteiger partial charge in [-0.15, -0.1) is 0 Å². The van der Waals surface area contributed by atoms with Crippen LogP contribution in [-0.4, -0.2) is 39.5 Å². The first kappa shape index (κ1) is 13.9. The molecule has 1 aliphatic carbocycles. The lowest BCUT2D eigenvalue weighted by Crippen LogP contribution is -2.34. The van der Waals surface area contributed by atoms with E-state index in [0.29, 0.717) is 6.04 Å². The summed E-state index contributed by atoms with van der Waals surface area (Å²) >= 11 is 0. The molecule has 0 aromatic carbocycles. The van der Waals surface area contributed by atoms with Crippen LogP contribution in [0.1, 0.15) is 33.1 Å². The van der Waals surface area contributed by atoms with Crippen molar-refractivity contribution in [1.29, 1.82) is 0 Å². The van der Waals surface area contributed by atoms with Crippen LogP contribution >= 0.6 is 0 Å². The van der Waals surface area contributed by atoms with Gasteiger partial charge in [0, 0.05) is 32.9 Å². The SMILES string of the molecule is COCCCOCCNC1CCC(C)C1C. The Balaban J connectivity index is 1.91. The van der Waals surface area contributed by atoms with Crippen molar-refractivity contribution in [3.63, 3.8) is 0 Å². The van der Waals surface area contributed by atoms with Crippen molar-refractivity contribution in [3.05, 3.63) is 0 Å². The van der Waals surface area contributed by atoms with Gasteiger partial charge >= 0.3 is 0 Å². The Kier molecular flexibility index (Phi) is 7.01. The maximum absolute atomic E-state index is 5.52. The second kappa shape index (κ2) is 8.04. The highest BCUT2D eigenvalue weighted by Crippen LogP contribution is 2.30. The molecule has 0 saturated heterocycles. The zero-order chi connectivity index (χ0) is 11.8. The van der Waals surface area contributed by atoms with E-state index < -0.39 is 0 Å². The number of ether oxygens (including phenoxy) is 2. The Bertz CT molecular complexity index is 175. The summed E-state index contributed by atoms with van der Waals surface area (Å²) in [5.41, 5.74) is 0. The van der Waals surface area contributed by atoms with Crippen LogP contribution in [-0.2, 0) is 9.47 Å². The van der Waals surface area contributed by atoms with E-state index in [1.54, 1.807) is 7.11 Å². The third kappa shape index (κ3) is 4.81. The molecule has 96 valence electrons. The van der Waals surface area contributed by atoms with Crippen molar-refractivity contribution in [2.75, 3.05) is 33.5 Å². The average Bonchev–Trinajstić information content (AvgIpc) is 2.59. The van der Waals surface area contributed by atoms with Gasteiger partial charge in [0.15, 0.2) is 0 Å². The normalized spacial score (nSPS) is 29.8. The van der Waals surface area contributed by atoms with Gasteiger partial charge in [-0.2, -0.15) is 0 Å². The molecular formula is C13H27NO2. The summed E-state index contributed by atoms with van der Waals surface area (Å²) < 4.78 is 10.5. The Labute approximate surface area is 99.9 Å². The van der Waals surface area contributed by atoms with Crippen LogP contribution in [0.25, 0.3) is 0 Å². The van der Waals surface area contributed by atoms with Gasteiger partial charge < -0.3 is 14.8 Å². The lowest BCUT2D eigenvalue weighted by atomic mass is 9.98. The first-order chi connectivity index (χ1) is 7.75. The Morgan fingerprint density at radius 2 is 1.94 bits per heavy atom. The number of hydrogen-bond donors (Lipinski definition) is 1. The molecule has 0 aromatic rings. The van der Waals surface area contributed by atoms with Gasteiger partial charge in [-0.05, 0) is 31.1 Å². The van der Waals surface area contributed by atoms with Gasteiger partial charge in [0.05, 0.1) is 6.61 Å². The van der Waals surface area contributed by atoms with Gasteiger partial charge in [-0.25, -0.2) is 0 Å². The molecule has 0 heterocycles. The summed E-state index contributed by atoms with van der Waals surface area (Å²) in [6.07, 6.45) is 3.69. The lowest BCUT2D eigenvalue weighted by Gasteiger charge is -2.19. The third-order valence-electron chi connectivity index (χ3n) is 3.76. The van der Waals surface area contributed by atoms with Crippen molar-refractivity contribution in [3.8, 4) is 0 Å². The van der Waals surface area contributed by atoms with E-state index in [1.807, 2.05) is 0 Å². The van der Waals surface area contributed by atoms with Gasteiger partial charge in [-0.3, -0.25) is 0 Å². The second-order valence-corrected chi connectivity index (χ2v) is 4.93. The molecule has 1 fully saturated rings. The van der Waals surface area contributed by atoms with E-state index in [4.69, 9.17) is 9.47 Å². The minimum absolute atomic E-state index is 0.706. The van der Waals surface area contributed by atoms with Gasteiger partial charge in [0.2, 0.25) is 0 Å². The summed E-state index contributed by atoms with van der Waals surface area (Å²) in [4.78, 5) is 0. The standard InChI is InChI=1S/C13H27NO2/c1-11-5-6-13(12(11)2)14-7-10-16-9-4-8-15-3/h11-14H,4-10H2,1-3H3. The molecule has 1 aliphatic rings. The molecule has 3 heteroatoms. The largest absolute Gasteiger partial charge is 0.385 e. The summed E-state index contributed by atoms with van der Waals surface area (Å²) in [5.74, 6) is 1.69. The molecule has 0 spiro atoms. The van der Waals surface area contributed by atoms with Gasteiger partial charge in [0.1, 0.15) is 0 Å². The number of methoxy groups -OCH3 is 1. The fourth-order valence-corrected chi connectivity index (χ4v) is 2.38. The molecule has 0 bridgehead atoms. The molecule has 0 aliphatic heterocycles. The molecule has 3 nitrogen and oxygen atoms in total. The topological polar surface area (TPSA) is 30.5 Å². The monoisotopic (exact) mass is 229 g/mol. The molecule has 0 radical (unpaired) electrons. The maximum Gasteiger partial charge on any atom is 0.0591 e. The van der Waals surface area contributed by atoms with Gasteiger partial charge in [-0.1, -0.05) is 13.8 Å². The Morgan fingerprint density at radius 1 is 1.12 bits per heavy atom. The second-order valence-electron chi connectivity index (χ2n) is 4.93. The minimum atomic E-state index is 0.706. The van der Waals surface area contributed by atoms with E-state index in [0.717, 1.165) is 44.6 Å². The molecule has 1 saturated carbocycles. The zero-order valence-electron chi connectivity index (χ0n) is 11.0. The fourth-order valence-electron chi connectivity index (χ4n) is 2.38. The van der Waals surface area contributed by atoms with Crippen LogP contribution in [0.15, 0.2) is 0 Å². The van der Waals surface area contributed by atoms with Crippen LogP contribution in [0, 0.1) is 11.8 Å².